The second-order valence-electron chi connectivity index (χ2n) is 6.37. The Bertz CT molecular complexity index is 364. The van der Waals surface area contributed by atoms with Gasteiger partial charge in [-0.15, -0.1) is 0 Å². The smallest absolute Gasteiger partial charge is 0.122 e. The Morgan fingerprint density at radius 1 is 1.28 bits per heavy atom. The van der Waals surface area contributed by atoms with Gasteiger partial charge in [0.05, 0.1) is 6.54 Å². The topological polar surface area (TPSA) is 33.1 Å². The van der Waals surface area contributed by atoms with Crippen molar-refractivity contribution in [2.75, 3.05) is 26.2 Å². The van der Waals surface area contributed by atoms with Crippen LogP contribution >= 0.6 is 0 Å². The minimum atomic E-state index is 0.433. The number of hydrogen-bond donors (Lipinski definition) is 1. The lowest BCUT2D eigenvalue weighted by atomic mass is 9.92. The van der Waals surface area contributed by atoms with Crippen LogP contribution in [0.3, 0.4) is 0 Å². The molecule has 2 heterocycles. The summed E-state index contributed by atoms with van der Waals surface area (Å²) in [5, 5.41) is 3.54. The second-order valence-corrected chi connectivity index (χ2v) is 6.37. The van der Waals surface area contributed by atoms with Gasteiger partial charge in [-0.25, -0.2) is 4.98 Å². The molecule has 18 heavy (non-hydrogen) atoms. The Kier molecular flexibility index (Phi) is 4.40. The van der Waals surface area contributed by atoms with Gasteiger partial charge >= 0.3 is 0 Å². The van der Waals surface area contributed by atoms with Gasteiger partial charge in [0.1, 0.15) is 5.82 Å². The Hall–Kier alpha value is -0.870. The van der Waals surface area contributed by atoms with Crippen molar-refractivity contribution in [1.82, 2.24) is 19.8 Å². The van der Waals surface area contributed by atoms with Crippen LogP contribution in [0.15, 0.2) is 12.4 Å². The summed E-state index contributed by atoms with van der Waals surface area (Å²) in [6.45, 7) is 13.4. The van der Waals surface area contributed by atoms with Gasteiger partial charge < -0.3 is 9.88 Å². The zero-order valence-corrected chi connectivity index (χ0v) is 11.9. The zero-order valence-electron chi connectivity index (χ0n) is 11.9. The normalized spacial score (nSPS) is 16.8. The first-order valence-corrected chi connectivity index (χ1v) is 6.98. The molecule has 4 heteroatoms. The van der Waals surface area contributed by atoms with Crippen LogP contribution in [0.25, 0.3) is 0 Å². The largest absolute Gasteiger partial charge is 0.333 e. The molecule has 1 aromatic heterocycles. The summed E-state index contributed by atoms with van der Waals surface area (Å²) in [6, 6.07) is 0. The van der Waals surface area contributed by atoms with E-state index in [0.29, 0.717) is 5.41 Å². The third kappa shape index (κ3) is 4.10. The van der Waals surface area contributed by atoms with Gasteiger partial charge in [0.15, 0.2) is 0 Å². The van der Waals surface area contributed by atoms with Crippen LogP contribution in [0.4, 0.5) is 0 Å². The first-order valence-electron chi connectivity index (χ1n) is 6.98. The van der Waals surface area contributed by atoms with Gasteiger partial charge in [-0.05, 0) is 18.4 Å². The molecule has 0 unspecified atom stereocenters. The van der Waals surface area contributed by atoms with Crippen LogP contribution in [0.5, 0.6) is 0 Å². The predicted octanol–water partition coefficient (Wildman–Crippen LogP) is 1.72. The number of hydrogen-bond acceptors (Lipinski definition) is 3. The fourth-order valence-electron chi connectivity index (χ4n) is 2.24. The summed E-state index contributed by atoms with van der Waals surface area (Å²) in [5.41, 5.74) is 0.433. The third-order valence-electron chi connectivity index (χ3n) is 3.48. The molecule has 0 saturated carbocycles. The van der Waals surface area contributed by atoms with Crippen LogP contribution in [-0.4, -0.2) is 40.6 Å². The van der Waals surface area contributed by atoms with Crippen molar-refractivity contribution in [1.29, 1.82) is 0 Å². The molecule has 1 aliphatic heterocycles. The maximum absolute atomic E-state index is 4.38. The number of imidazole rings is 1. The number of rotatable bonds is 5. The summed E-state index contributed by atoms with van der Waals surface area (Å²) in [7, 11) is 0. The molecule has 1 N–H and O–H groups in total. The molecule has 0 bridgehead atoms. The van der Waals surface area contributed by atoms with E-state index in [1.165, 1.54) is 12.2 Å². The molecule has 102 valence electrons. The van der Waals surface area contributed by atoms with Gasteiger partial charge in [0.2, 0.25) is 0 Å². The molecule has 0 aromatic carbocycles. The van der Waals surface area contributed by atoms with Crippen molar-refractivity contribution >= 4 is 0 Å². The molecule has 0 aliphatic carbocycles. The lowest BCUT2D eigenvalue weighted by Crippen LogP contribution is -2.38. The van der Waals surface area contributed by atoms with E-state index in [9.17, 15) is 0 Å². The molecule has 0 amide bonds. The summed E-state index contributed by atoms with van der Waals surface area (Å²) < 4.78 is 2.25. The van der Waals surface area contributed by atoms with E-state index in [-0.39, 0.29) is 0 Å². The van der Waals surface area contributed by atoms with Crippen molar-refractivity contribution < 1.29 is 0 Å². The highest BCUT2D eigenvalue weighted by Crippen LogP contribution is 2.16. The maximum atomic E-state index is 4.38. The summed E-state index contributed by atoms with van der Waals surface area (Å²) >= 11 is 0. The Balaban J connectivity index is 1.61. The highest BCUT2D eigenvalue weighted by Gasteiger charge is 2.15. The average molecular weight is 250 g/mol. The molecule has 4 nitrogen and oxygen atoms in total. The number of nitrogens with one attached hydrogen (secondary N) is 1. The lowest BCUT2D eigenvalue weighted by Gasteiger charge is -2.27. The fourth-order valence-corrected chi connectivity index (χ4v) is 2.24. The van der Waals surface area contributed by atoms with Gasteiger partial charge in [-0.1, -0.05) is 20.8 Å². The quantitative estimate of drug-likeness (QED) is 0.808. The molecule has 0 radical (unpaired) electrons. The summed E-state index contributed by atoms with van der Waals surface area (Å²) in [4.78, 5) is 6.86. The van der Waals surface area contributed by atoms with Crippen molar-refractivity contribution in [3.63, 3.8) is 0 Å². The van der Waals surface area contributed by atoms with E-state index in [2.05, 4.69) is 46.7 Å². The van der Waals surface area contributed by atoms with Gasteiger partial charge in [-0.2, -0.15) is 0 Å². The van der Waals surface area contributed by atoms with E-state index < -0.39 is 0 Å². The highest BCUT2D eigenvalue weighted by molar-refractivity contribution is 4.95. The Morgan fingerprint density at radius 2 is 2.11 bits per heavy atom. The summed E-state index contributed by atoms with van der Waals surface area (Å²) in [6.07, 6.45) is 5.21. The maximum Gasteiger partial charge on any atom is 0.122 e. The SMILES string of the molecule is CC(C)(C)CCNCCN1CCn2ccnc2C1. The molecular weight excluding hydrogens is 224 g/mol. The van der Waals surface area contributed by atoms with E-state index in [1.807, 2.05) is 6.20 Å². The molecule has 0 saturated heterocycles. The minimum absolute atomic E-state index is 0.433. The van der Waals surface area contributed by atoms with E-state index in [0.717, 1.165) is 39.3 Å². The number of aromatic nitrogens is 2. The molecule has 0 fully saturated rings. The van der Waals surface area contributed by atoms with Crippen molar-refractivity contribution in [2.24, 2.45) is 5.41 Å². The van der Waals surface area contributed by atoms with Gasteiger partial charge in [0, 0.05) is 38.6 Å². The predicted molar refractivity (Wildman–Crippen MR) is 74.4 cm³/mol. The fraction of sp³-hybridized carbons (Fsp3) is 0.786. The monoisotopic (exact) mass is 250 g/mol. The molecule has 0 atom stereocenters. The highest BCUT2D eigenvalue weighted by atomic mass is 15.2. The van der Waals surface area contributed by atoms with Crippen LogP contribution in [0.2, 0.25) is 0 Å². The first kappa shape index (κ1) is 13.6. The summed E-state index contributed by atoms with van der Waals surface area (Å²) in [5.74, 6) is 1.20. The first-order chi connectivity index (χ1) is 8.54. The van der Waals surface area contributed by atoms with E-state index in [1.54, 1.807) is 0 Å². The van der Waals surface area contributed by atoms with Crippen LogP contribution < -0.4 is 5.32 Å². The third-order valence-corrected chi connectivity index (χ3v) is 3.48. The molecule has 1 aliphatic rings. The molecule has 2 rings (SSSR count). The standard InChI is InChI=1S/C14H26N4/c1-14(2,3)4-5-15-6-8-17-10-11-18-9-7-16-13(18)12-17/h7,9,15H,4-6,8,10-12H2,1-3H3. The molecular formula is C14H26N4. The van der Waals surface area contributed by atoms with Gasteiger partial charge in [0.25, 0.3) is 0 Å². The number of fused-ring (bicyclic) bond motifs is 1. The van der Waals surface area contributed by atoms with E-state index in [4.69, 9.17) is 0 Å². The Labute approximate surface area is 110 Å². The minimum Gasteiger partial charge on any atom is -0.333 e. The van der Waals surface area contributed by atoms with Crippen molar-refractivity contribution in [2.45, 2.75) is 40.3 Å². The zero-order chi connectivity index (χ0) is 13.0. The lowest BCUT2D eigenvalue weighted by molar-refractivity contribution is 0.216. The van der Waals surface area contributed by atoms with Crippen LogP contribution in [0.1, 0.15) is 33.0 Å². The average Bonchev–Trinajstić information content (AvgIpc) is 2.74. The van der Waals surface area contributed by atoms with Crippen LogP contribution in [-0.2, 0) is 13.1 Å². The van der Waals surface area contributed by atoms with Crippen molar-refractivity contribution in [3.8, 4) is 0 Å². The van der Waals surface area contributed by atoms with E-state index >= 15 is 0 Å². The second kappa shape index (κ2) is 5.85. The van der Waals surface area contributed by atoms with Crippen molar-refractivity contribution in [3.05, 3.63) is 18.2 Å². The van der Waals surface area contributed by atoms with Crippen LogP contribution in [0, 0.1) is 5.41 Å². The van der Waals surface area contributed by atoms with Gasteiger partial charge in [-0.3, -0.25) is 4.90 Å². The molecule has 1 aromatic rings. The molecule has 0 spiro atoms. The Morgan fingerprint density at radius 3 is 2.89 bits per heavy atom. The number of nitrogens with zero attached hydrogens (tertiary/aromatic N) is 3.